The topological polar surface area (TPSA) is 58.1 Å². The molecule has 1 aromatic heterocycles. The van der Waals surface area contributed by atoms with Crippen molar-refractivity contribution in [2.45, 2.75) is 19.8 Å². The van der Waals surface area contributed by atoms with E-state index < -0.39 is 17.5 Å². The lowest BCUT2D eigenvalue weighted by Gasteiger charge is -2.30. The van der Waals surface area contributed by atoms with Crippen LogP contribution in [0.5, 0.6) is 0 Å². The van der Waals surface area contributed by atoms with E-state index in [9.17, 15) is 18.0 Å². The molecule has 2 aromatic rings. The van der Waals surface area contributed by atoms with Gasteiger partial charge in [0.2, 0.25) is 0 Å². The number of aromatic nitrogens is 2. The molecule has 0 spiro atoms. The molecule has 3 rings (SSSR count). The fraction of sp³-hybridized carbons (Fsp3) is 0.353. The van der Waals surface area contributed by atoms with Gasteiger partial charge in [-0.05, 0) is 30.9 Å². The van der Waals surface area contributed by atoms with Crippen molar-refractivity contribution >= 4 is 17.4 Å². The SMILES string of the molecule is CC1CCCN(C(=O)c2cnc(Nc3ccc(F)c(F)c3F)cn2)C1. The van der Waals surface area contributed by atoms with Crippen LogP contribution in [0.1, 0.15) is 30.3 Å². The van der Waals surface area contributed by atoms with E-state index in [-0.39, 0.29) is 23.1 Å². The maximum Gasteiger partial charge on any atom is 0.274 e. The molecular formula is C17H17F3N4O. The van der Waals surface area contributed by atoms with E-state index in [1.165, 1.54) is 12.4 Å². The van der Waals surface area contributed by atoms with Crippen LogP contribution >= 0.6 is 0 Å². The van der Waals surface area contributed by atoms with Gasteiger partial charge in [0.1, 0.15) is 11.5 Å². The third kappa shape index (κ3) is 3.72. The number of likely N-dealkylation sites (tertiary alicyclic amines) is 1. The van der Waals surface area contributed by atoms with Crippen LogP contribution in [0.2, 0.25) is 0 Å². The largest absolute Gasteiger partial charge is 0.337 e. The van der Waals surface area contributed by atoms with Crippen molar-refractivity contribution in [3.05, 3.63) is 47.7 Å². The van der Waals surface area contributed by atoms with Crippen LogP contribution in [0.3, 0.4) is 0 Å². The number of nitrogens with zero attached hydrogens (tertiary/aromatic N) is 3. The van der Waals surface area contributed by atoms with Gasteiger partial charge in [0.05, 0.1) is 18.1 Å². The molecule has 1 aromatic carbocycles. The van der Waals surface area contributed by atoms with Gasteiger partial charge in [-0.25, -0.2) is 23.1 Å². The van der Waals surface area contributed by atoms with Crippen LogP contribution in [0.15, 0.2) is 24.5 Å². The fourth-order valence-electron chi connectivity index (χ4n) is 2.80. The second-order valence-corrected chi connectivity index (χ2v) is 6.13. The van der Waals surface area contributed by atoms with Crippen LogP contribution in [-0.2, 0) is 0 Å². The first kappa shape index (κ1) is 17.2. The van der Waals surface area contributed by atoms with Crippen LogP contribution in [0, 0.1) is 23.4 Å². The van der Waals surface area contributed by atoms with E-state index in [0.29, 0.717) is 19.0 Å². The second-order valence-electron chi connectivity index (χ2n) is 6.13. The summed E-state index contributed by atoms with van der Waals surface area (Å²) in [5.74, 6) is -3.82. The average Bonchev–Trinajstić information content (AvgIpc) is 2.62. The molecule has 0 aliphatic carbocycles. The molecule has 8 heteroatoms. The van der Waals surface area contributed by atoms with E-state index in [1.807, 2.05) is 0 Å². The summed E-state index contributed by atoms with van der Waals surface area (Å²) in [6.45, 7) is 3.46. The van der Waals surface area contributed by atoms with Crippen molar-refractivity contribution in [1.82, 2.24) is 14.9 Å². The first-order valence-corrected chi connectivity index (χ1v) is 7.97. The molecule has 132 valence electrons. The van der Waals surface area contributed by atoms with Gasteiger partial charge >= 0.3 is 0 Å². The van der Waals surface area contributed by atoms with Gasteiger partial charge in [-0.2, -0.15) is 0 Å². The predicted octanol–water partition coefficient (Wildman–Crippen LogP) is 3.51. The Bertz CT molecular complexity index is 782. The highest BCUT2D eigenvalue weighted by Gasteiger charge is 2.23. The molecule has 2 heterocycles. The summed E-state index contributed by atoms with van der Waals surface area (Å²) >= 11 is 0. The number of halogens is 3. The second kappa shape index (κ2) is 7.08. The lowest BCUT2D eigenvalue weighted by molar-refractivity contribution is 0.0676. The molecular weight excluding hydrogens is 333 g/mol. The molecule has 0 radical (unpaired) electrons. The molecule has 1 fully saturated rings. The first-order valence-electron chi connectivity index (χ1n) is 7.97. The average molecular weight is 350 g/mol. The minimum Gasteiger partial charge on any atom is -0.337 e. The van der Waals surface area contributed by atoms with Gasteiger partial charge in [-0.3, -0.25) is 4.79 Å². The summed E-state index contributed by atoms with van der Waals surface area (Å²) < 4.78 is 39.8. The number of rotatable bonds is 3. The number of hydrogen-bond acceptors (Lipinski definition) is 4. The molecule has 25 heavy (non-hydrogen) atoms. The van der Waals surface area contributed by atoms with Gasteiger partial charge in [0.25, 0.3) is 5.91 Å². The number of hydrogen-bond donors (Lipinski definition) is 1. The highest BCUT2D eigenvalue weighted by molar-refractivity contribution is 5.92. The zero-order chi connectivity index (χ0) is 18.0. The van der Waals surface area contributed by atoms with Gasteiger partial charge in [-0.1, -0.05) is 6.92 Å². The summed E-state index contributed by atoms with van der Waals surface area (Å²) in [7, 11) is 0. The quantitative estimate of drug-likeness (QED) is 0.861. The number of carbonyl (C=O) groups excluding carboxylic acids is 1. The van der Waals surface area contributed by atoms with Gasteiger partial charge in [0.15, 0.2) is 17.5 Å². The maximum atomic E-state index is 13.6. The fourth-order valence-corrected chi connectivity index (χ4v) is 2.80. The van der Waals surface area contributed by atoms with Crippen molar-refractivity contribution in [1.29, 1.82) is 0 Å². The number of piperidine rings is 1. The van der Waals surface area contributed by atoms with Crippen LogP contribution in [0.4, 0.5) is 24.7 Å². The van der Waals surface area contributed by atoms with Crippen LogP contribution in [-0.4, -0.2) is 33.9 Å². The Morgan fingerprint density at radius 3 is 2.68 bits per heavy atom. The summed E-state index contributed by atoms with van der Waals surface area (Å²) in [4.78, 5) is 22.2. The van der Waals surface area contributed by atoms with Crippen molar-refractivity contribution in [3.8, 4) is 0 Å². The first-order chi connectivity index (χ1) is 12.0. The highest BCUT2D eigenvalue weighted by Crippen LogP contribution is 2.22. The van der Waals surface area contributed by atoms with Crippen molar-refractivity contribution < 1.29 is 18.0 Å². The van der Waals surface area contributed by atoms with E-state index in [2.05, 4.69) is 22.2 Å². The Morgan fingerprint density at radius 2 is 2.00 bits per heavy atom. The molecule has 5 nitrogen and oxygen atoms in total. The lowest BCUT2D eigenvalue weighted by atomic mass is 10.0. The Kier molecular flexibility index (Phi) is 4.87. The number of benzene rings is 1. The normalized spacial score (nSPS) is 17.4. The van der Waals surface area contributed by atoms with Crippen LogP contribution < -0.4 is 5.32 Å². The summed E-state index contributed by atoms with van der Waals surface area (Å²) in [6, 6.07) is 1.87. The molecule has 0 bridgehead atoms. The van der Waals surface area contributed by atoms with Crippen molar-refractivity contribution in [2.24, 2.45) is 5.92 Å². The third-order valence-electron chi connectivity index (χ3n) is 4.11. The Hall–Kier alpha value is -2.64. The molecule has 1 atom stereocenters. The summed E-state index contributed by atoms with van der Waals surface area (Å²) in [5, 5.41) is 2.51. The highest BCUT2D eigenvalue weighted by atomic mass is 19.2. The molecule has 0 saturated carbocycles. The monoisotopic (exact) mass is 350 g/mol. The molecule has 1 unspecified atom stereocenters. The Balaban J connectivity index is 1.72. The summed E-state index contributed by atoms with van der Waals surface area (Å²) in [6.07, 6.45) is 4.58. The minimum absolute atomic E-state index is 0.119. The van der Waals surface area contributed by atoms with Gasteiger partial charge < -0.3 is 10.2 Å². The molecule has 1 saturated heterocycles. The van der Waals surface area contributed by atoms with E-state index in [0.717, 1.165) is 25.0 Å². The molecule has 1 amide bonds. The van der Waals surface area contributed by atoms with Crippen molar-refractivity contribution in [2.75, 3.05) is 18.4 Å². The molecule has 1 N–H and O–H groups in total. The Labute approximate surface area is 142 Å². The zero-order valence-corrected chi connectivity index (χ0v) is 13.6. The van der Waals surface area contributed by atoms with Crippen molar-refractivity contribution in [3.63, 3.8) is 0 Å². The minimum atomic E-state index is -1.57. The predicted molar refractivity (Wildman–Crippen MR) is 85.9 cm³/mol. The number of carbonyl (C=O) groups is 1. The smallest absolute Gasteiger partial charge is 0.274 e. The number of nitrogens with one attached hydrogen (secondary N) is 1. The standard InChI is InChI=1S/C17H17F3N4O/c1-10-3-2-6-24(9-10)17(25)13-7-22-14(8-21-13)23-12-5-4-11(18)15(19)16(12)20/h4-5,7-8,10H,2-3,6,9H2,1H3,(H,22,23). The van der Waals surface area contributed by atoms with Gasteiger partial charge in [-0.15, -0.1) is 0 Å². The molecule has 1 aliphatic heterocycles. The lowest BCUT2D eigenvalue weighted by Crippen LogP contribution is -2.39. The number of anilines is 2. The van der Waals surface area contributed by atoms with Crippen LogP contribution in [0.25, 0.3) is 0 Å². The maximum absolute atomic E-state index is 13.6. The summed E-state index contributed by atoms with van der Waals surface area (Å²) in [5.41, 5.74) is -0.0810. The molecule has 1 aliphatic rings. The zero-order valence-electron chi connectivity index (χ0n) is 13.6. The van der Waals surface area contributed by atoms with Gasteiger partial charge in [0, 0.05) is 13.1 Å². The third-order valence-corrected chi connectivity index (χ3v) is 4.11. The van der Waals surface area contributed by atoms with E-state index in [4.69, 9.17) is 0 Å². The van der Waals surface area contributed by atoms with E-state index in [1.54, 1.807) is 4.90 Å². The Morgan fingerprint density at radius 1 is 1.20 bits per heavy atom. The van der Waals surface area contributed by atoms with E-state index >= 15 is 0 Å². The number of amides is 1.